The van der Waals surface area contributed by atoms with Crippen LogP contribution in [0.25, 0.3) is 0 Å². The van der Waals surface area contributed by atoms with Gasteiger partial charge in [-0.3, -0.25) is 14.2 Å². The van der Waals surface area contributed by atoms with Crippen molar-refractivity contribution in [3.63, 3.8) is 0 Å². The first-order valence-electron chi connectivity index (χ1n) is 22.8. The third-order valence-corrected chi connectivity index (χ3v) is 10.6. The van der Waals surface area contributed by atoms with E-state index in [1.54, 1.807) is 0 Å². The minimum absolute atomic E-state index is 0.0329. The summed E-state index contributed by atoms with van der Waals surface area (Å²) in [5.41, 5.74) is 0. The van der Waals surface area contributed by atoms with Crippen LogP contribution < -0.4 is 4.89 Å². The van der Waals surface area contributed by atoms with Gasteiger partial charge in [0.25, 0.3) is 7.82 Å². The third kappa shape index (κ3) is 43.4. The lowest BCUT2D eigenvalue weighted by molar-refractivity contribution is -0.870. The largest absolute Gasteiger partial charge is 0.756 e. The number of allylic oxidation sites excluding steroid dienone is 8. The summed E-state index contributed by atoms with van der Waals surface area (Å²) in [5, 5.41) is 0. The van der Waals surface area contributed by atoms with Crippen molar-refractivity contribution in [3.05, 3.63) is 48.6 Å². The number of rotatable bonds is 41. The molecule has 2 unspecified atom stereocenters. The minimum Gasteiger partial charge on any atom is -0.756 e. The van der Waals surface area contributed by atoms with E-state index < -0.39 is 26.5 Å². The fourth-order valence-corrected chi connectivity index (χ4v) is 6.79. The van der Waals surface area contributed by atoms with Gasteiger partial charge in [-0.05, 0) is 51.4 Å². The SMILES string of the molecule is CC/C=C\C/C=C\C/C=C\C/C=C\CCCCCCCCCCC(=O)OC(COC(=O)CCCCCCCCCCCCCC)COP(=O)([O-])OCC[N+](C)(C)C. The smallest absolute Gasteiger partial charge is 0.306 e. The van der Waals surface area contributed by atoms with Gasteiger partial charge in [-0.1, -0.05) is 172 Å². The zero-order valence-corrected chi connectivity index (χ0v) is 38.2. The average Bonchev–Trinajstić information content (AvgIpc) is 3.16. The molecule has 10 heteroatoms. The monoisotopic (exact) mass is 824 g/mol. The van der Waals surface area contributed by atoms with Crippen LogP contribution in [0.2, 0.25) is 0 Å². The molecule has 0 saturated carbocycles. The molecule has 0 aliphatic heterocycles. The van der Waals surface area contributed by atoms with Crippen LogP contribution >= 0.6 is 7.82 Å². The maximum absolute atomic E-state index is 12.7. The van der Waals surface area contributed by atoms with E-state index in [1.807, 2.05) is 21.1 Å². The summed E-state index contributed by atoms with van der Waals surface area (Å²) in [7, 11) is 1.16. The van der Waals surface area contributed by atoms with E-state index in [4.69, 9.17) is 18.5 Å². The molecule has 0 N–H and O–H groups in total. The Labute approximate surface area is 350 Å². The molecule has 0 amide bonds. The molecule has 0 heterocycles. The summed E-state index contributed by atoms with van der Waals surface area (Å²) in [5.74, 6) is -0.842. The average molecular weight is 824 g/mol. The van der Waals surface area contributed by atoms with Gasteiger partial charge in [0.2, 0.25) is 0 Å². The Hall–Kier alpha value is -2.03. The van der Waals surface area contributed by atoms with Crippen LogP contribution in [0.5, 0.6) is 0 Å². The number of carbonyl (C=O) groups is 2. The molecular formula is C47H86NO8P. The molecule has 0 radical (unpaired) electrons. The molecule has 0 aliphatic rings. The maximum Gasteiger partial charge on any atom is 0.306 e. The van der Waals surface area contributed by atoms with E-state index in [0.29, 0.717) is 17.4 Å². The summed E-state index contributed by atoms with van der Waals surface area (Å²) < 4.78 is 33.9. The van der Waals surface area contributed by atoms with Gasteiger partial charge in [0.15, 0.2) is 6.10 Å². The second-order valence-corrected chi connectivity index (χ2v) is 17.8. The molecule has 0 spiro atoms. The van der Waals surface area contributed by atoms with Gasteiger partial charge in [-0.15, -0.1) is 0 Å². The standard InChI is InChI=1S/C47H86NO8P/c1-6-8-10-12-14-16-18-20-21-22-23-24-25-26-27-28-30-32-34-36-38-40-47(50)56-45(44-55-57(51,52)54-42-41-48(3,4)5)43-53-46(49)39-37-35-33-31-29-19-17-15-13-11-9-7-2/h8,10,14,16,20-21,23-24,45H,6-7,9,11-13,15,17-19,22,25-44H2,1-5H3/b10-8-,16-14-,21-20-,24-23-. The van der Waals surface area contributed by atoms with Gasteiger partial charge in [-0.2, -0.15) is 0 Å². The summed E-state index contributed by atoms with van der Waals surface area (Å²) >= 11 is 0. The molecule has 0 saturated heterocycles. The van der Waals surface area contributed by atoms with Crippen molar-refractivity contribution in [2.24, 2.45) is 0 Å². The Balaban J connectivity index is 4.31. The molecule has 332 valence electrons. The van der Waals surface area contributed by atoms with Crippen LogP contribution in [-0.4, -0.2) is 70.0 Å². The zero-order chi connectivity index (χ0) is 42.1. The number of hydrogen-bond acceptors (Lipinski definition) is 8. The van der Waals surface area contributed by atoms with E-state index in [1.165, 1.54) is 83.5 Å². The molecule has 0 rings (SSSR count). The number of unbranched alkanes of at least 4 members (excludes halogenated alkanes) is 19. The Morgan fingerprint density at radius 3 is 1.49 bits per heavy atom. The highest BCUT2D eigenvalue weighted by Crippen LogP contribution is 2.38. The van der Waals surface area contributed by atoms with E-state index >= 15 is 0 Å². The number of quaternary nitrogens is 1. The zero-order valence-electron chi connectivity index (χ0n) is 37.3. The lowest BCUT2D eigenvalue weighted by Crippen LogP contribution is -2.37. The summed E-state index contributed by atoms with van der Waals surface area (Å²) in [6.07, 6.45) is 45.6. The predicted molar refractivity (Wildman–Crippen MR) is 236 cm³/mol. The van der Waals surface area contributed by atoms with Crippen LogP contribution in [0, 0.1) is 0 Å². The quantitative estimate of drug-likeness (QED) is 0.0197. The summed E-state index contributed by atoms with van der Waals surface area (Å²) in [6.45, 7) is 4.10. The van der Waals surface area contributed by atoms with E-state index in [-0.39, 0.29) is 32.0 Å². The van der Waals surface area contributed by atoms with Gasteiger partial charge in [0, 0.05) is 12.8 Å². The molecular weight excluding hydrogens is 737 g/mol. The van der Waals surface area contributed by atoms with Crippen molar-refractivity contribution in [2.45, 2.75) is 193 Å². The van der Waals surface area contributed by atoms with Gasteiger partial charge in [0.05, 0.1) is 27.7 Å². The number of ether oxygens (including phenoxy) is 2. The Morgan fingerprint density at radius 1 is 0.561 bits per heavy atom. The number of hydrogen-bond donors (Lipinski definition) is 0. The summed E-state index contributed by atoms with van der Waals surface area (Å²) in [6, 6.07) is 0. The van der Waals surface area contributed by atoms with Crippen molar-refractivity contribution in [3.8, 4) is 0 Å². The second kappa shape index (κ2) is 39.4. The number of likely N-dealkylation sites (N-methyl/N-ethyl adjacent to an activating group) is 1. The van der Waals surface area contributed by atoms with Gasteiger partial charge < -0.3 is 27.9 Å². The molecule has 0 aromatic heterocycles. The van der Waals surface area contributed by atoms with Crippen LogP contribution in [0.1, 0.15) is 187 Å². The van der Waals surface area contributed by atoms with E-state index in [0.717, 1.165) is 70.6 Å². The summed E-state index contributed by atoms with van der Waals surface area (Å²) in [4.78, 5) is 37.5. The van der Waals surface area contributed by atoms with E-state index in [9.17, 15) is 19.0 Å². The predicted octanol–water partition coefficient (Wildman–Crippen LogP) is 12.4. The van der Waals surface area contributed by atoms with Crippen molar-refractivity contribution in [2.75, 3.05) is 47.5 Å². The Kier molecular flexibility index (Phi) is 38.0. The van der Waals surface area contributed by atoms with E-state index in [2.05, 4.69) is 62.5 Å². The molecule has 0 fully saturated rings. The van der Waals surface area contributed by atoms with Crippen molar-refractivity contribution >= 4 is 19.8 Å². The highest BCUT2D eigenvalue weighted by atomic mass is 31.2. The lowest BCUT2D eigenvalue weighted by Gasteiger charge is -2.28. The molecule has 0 aliphatic carbocycles. The molecule has 57 heavy (non-hydrogen) atoms. The second-order valence-electron chi connectivity index (χ2n) is 16.4. The fourth-order valence-electron chi connectivity index (χ4n) is 6.06. The number of phosphoric acid groups is 1. The fraction of sp³-hybridized carbons (Fsp3) is 0.787. The highest BCUT2D eigenvalue weighted by Gasteiger charge is 2.21. The maximum atomic E-state index is 12.7. The molecule has 0 bridgehead atoms. The first kappa shape index (κ1) is 55.0. The minimum atomic E-state index is -4.63. The third-order valence-electron chi connectivity index (χ3n) is 9.61. The van der Waals surface area contributed by atoms with Crippen LogP contribution in [0.15, 0.2) is 48.6 Å². The first-order valence-corrected chi connectivity index (χ1v) is 24.3. The number of carbonyl (C=O) groups excluding carboxylic acids is 2. The molecule has 0 aromatic rings. The normalized spacial score (nSPS) is 14.0. The van der Waals surface area contributed by atoms with Crippen molar-refractivity contribution in [1.29, 1.82) is 0 Å². The molecule has 2 atom stereocenters. The van der Waals surface area contributed by atoms with Gasteiger partial charge in [0.1, 0.15) is 19.8 Å². The Bertz CT molecular complexity index is 1110. The van der Waals surface area contributed by atoms with Crippen LogP contribution in [0.3, 0.4) is 0 Å². The lowest BCUT2D eigenvalue weighted by atomic mass is 10.0. The number of phosphoric ester groups is 1. The van der Waals surface area contributed by atoms with Crippen molar-refractivity contribution in [1.82, 2.24) is 0 Å². The van der Waals surface area contributed by atoms with Crippen LogP contribution in [-0.2, 0) is 32.7 Å². The van der Waals surface area contributed by atoms with Crippen LogP contribution in [0.4, 0.5) is 0 Å². The first-order chi connectivity index (χ1) is 27.5. The number of nitrogens with zero attached hydrogens (tertiary/aromatic N) is 1. The Morgan fingerprint density at radius 2 is 1.00 bits per heavy atom. The molecule has 0 aromatic carbocycles. The van der Waals surface area contributed by atoms with Gasteiger partial charge in [-0.25, -0.2) is 0 Å². The topological polar surface area (TPSA) is 111 Å². The highest BCUT2D eigenvalue weighted by molar-refractivity contribution is 7.45. The van der Waals surface area contributed by atoms with Gasteiger partial charge >= 0.3 is 11.9 Å². The van der Waals surface area contributed by atoms with Crippen molar-refractivity contribution < 1.29 is 42.1 Å². The number of esters is 2. The molecule has 9 nitrogen and oxygen atoms in total.